The molecule has 1 saturated carbocycles. The van der Waals surface area contributed by atoms with E-state index in [0.29, 0.717) is 12.0 Å². The van der Waals surface area contributed by atoms with Crippen molar-refractivity contribution in [1.82, 2.24) is 9.97 Å². The maximum absolute atomic E-state index is 5.56. The molecule has 2 rings (SSSR count). The Hall–Kier alpha value is -1.12. The van der Waals surface area contributed by atoms with E-state index < -0.39 is 0 Å². The number of aryl methyl sites for hydroxylation is 1. The minimum Gasteiger partial charge on any atom is -0.473 e. The molecule has 0 N–H and O–H groups in total. The lowest BCUT2D eigenvalue weighted by molar-refractivity contribution is 0.114. The Morgan fingerprint density at radius 3 is 2.83 bits per heavy atom. The predicted molar refractivity (Wildman–Crippen MR) is 45.0 cm³/mol. The van der Waals surface area contributed by atoms with Crippen LogP contribution in [0.25, 0.3) is 0 Å². The van der Waals surface area contributed by atoms with E-state index in [0.717, 1.165) is 18.5 Å². The zero-order valence-electron chi connectivity index (χ0n) is 7.16. The van der Waals surface area contributed by atoms with Crippen molar-refractivity contribution in [1.29, 1.82) is 0 Å². The van der Waals surface area contributed by atoms with E-state index in [9.17, 15) is 0 Å². The van der Waals surface area contributed by atoms with Crippen molar-refractivity contribution in [3.05, 3.63) is 18.1 Å². The van der Waals surface area contributed by atoms with Gasteiger partial charge in [-0.15, -0.1) is 0 Å². The van der Waals surface area contributed by atoms with Gasteiger partial charge in [-0.3, -0.25) is 4.98 Å². The van der Waals surface area contributed by atoms with E-state index in [1.54, 1.807) is 12.4 Å². The van der Waals surface area contributed by atoms with Crippen molar-refractivity contribution in [2.24, 2.45) is 0 Å². The molecule has 1 aromatic rings. The highest BCUT2D eigenvalue weighted by Crippen LogP contribution is 2.23. The smallest absolute Gasteiger partial charge is 0.232 e. The second kappa shape index (κ2) is 3.09. The van der Waals surface area contributed by atoms with E-state index in [1.807, 2.05) is 6.92 Å². The van der Waals surface area contributed by atoms with Gasteiger partial charge in [-0.2, -0.15) is 0 Å². The number of ether oxygens (including phenoxy) is 1. The second-order valence-corrected chi connectivity index (χ2v) is 3.17. The zero-order valence-corrected chi connectivity index (χ0v) is 7.16. The van der Waals surface area contributed by atoms with Gasteiger partial charge in [0.2, 0.25) is 5.88 Å². The Morgan fingerprint density at radius 1 is 1.42 bits per heavy atom. The van der Waals surface area contributed by atoms with Gasteiger partial charge in [0.25, 0.3) is 0 Å². The summed E-state index contributed by atoms with van der Waals surface area (Å²) in [5.41, 5.74) is 0.909. The van der Waals surface area contributed by atoms with Crippen molar-refractivity contribution in [3.63, 3.8) is 0 Å². The highest BCUT2D eigenvalue weighted by atomic mass is 16.5. The number of nitrogens with zero attached hydrogens (tertiary/aromatic N) is 2. The topological polar surface area (TPSA) is 35.0 Å². The summed E-state index contributed by atoms with van der Waals surface area (Å²) in [6.07, 6.45) is 7.40. The van der Waals surface area contributed by atoms with Crippen LogP contribution in [0.2, 0.25) is 0 Å². The maximum Gasteiger partial charge on any atom is 0.232 e. The van der Waals surface area contributed by atoms with Crippen LogP contribution in [0, 0.1) is 6.92 Å². The Morgan fingerprint density at radius 2 is 2.25 bits per heavy atom. The molecule has 0 saturated heterocycles. The summed E-state index contributed by atoms with van der Waals surface area (Å²) in [4.78, 5) is 8.22. The Kier molecular flexibility index (Phi) is 1.94. The fourth-order valence-electron chi connectivity index (χ4n) is 1.16. The number of hydrogen-bond acceptors (Lipinski definition) is 3. The van der Waals surface area contributed by atoms with Crippen molar-refractivity contribution in [2.75, 3.05) is 0 Å². The van der Waals surface area contributed by atoms with Gasteiger partial charge in [-0.25, -0.2) is 4.98 Å². The van der Waals surface area contributed by atoms with Crippen molar-refractivity contribution >= 4 is 0 Å². The van der Waals surface area contributed by atoms with Gasteiger partial charge in [0.15, 0.2) is 0 Å². The molecule has 12 heavy (non-hydrogen) atoms. The molecule has 0 atom stereocenters. The van der Waals surface area contributed by atoms with Gasteiger partial charge >= 0.3 is 0 Å². The molecule has 0 unspecified atom stereocenters. The van der Waals surface area contributed by atoms with Crippen LogP contribution in [0.3, 0.4) is 0 Å². The predicted octanol–water partition coefficient (Wildman–Crippen LogP) is 1.72. The van der Waals surface area contributed by atoms with Crippen LogP contribution in [-0.2, 0) is 0 Å². The molecule has 1 aromatic heterocycles. The maximum atomic E-state index is 5.56. The van der Waals surface area contributed by atoms with Crippen molar-refractivity contribution < 1.29 is 4.74 Å². The van der Waals surface area contributed by atoms with Crippen LogP contribution in [0.4, 0.5) is 0 Å². The Labute approximate surface area is 71.8 Å². The van der Waals surface area contributed by atoms with Crippen LogP contribution in [0.1, 0.15) is 25.0 Å². The largest absolute Gasteiger partial charge is 0.473 e. The van der Waals surface area contributed by atoms with E-state index in [4.69, 9.17) is 4.74 Å². The molecular formula is C9H12N2O. The van der Waals surface area contributed by atoms with Gasteiger partial charge in [0, 0.05) is 6.20 Å². The van der Waals surface area contributed by atoms with Crippen molar-refractivity contribution in [3.8, 4) is 5.88 Å². The quantitative estimate of drug-likeness (QED) is 0.667. The number of rotatable bonds is 2. The second-order valence-electron chi connectivity index (χ2n) is 3.17. The average Bonchev–Trinajstić information content (AvgIpc) is 1.97. The summed E-state index contributed by atoms with van der Waals surface area (Å²) in [5.74, 6) is 0.666. The third-order valence-electron chi connectivity index (χ3n) is 2.07. The normalized spacial score (nSPS) is 17.1. The first-order chi connectivity index (χ1) is 5.84. The molecule has 0 bridgehead atoms. The molecule has 1 aliphatic rings. The monoisotopic (exact) mass is 164 g/mol. The number of aromatic nitrogens is 2. The Balaban J connectivity index is 2.02. The summed E-state index contributed by atoms with van der Waals surface area (Å²) in [7, 11) is 0. The zero-order chi connectivity index (χ0) is 8.39. The van der Waals surface area contributed by atoms with Crippen LogP contribution < -0.4 is 4.74 Å². The van der Waals surface area contributed by atoms with Gasteiger partial charge < -0.3 is 4.74 Å². The standard InChI is InChI=1S/C9H12N2O/c1-7-5-10-6-9(11-7)12-8-3-2-4-8/h5-6,8H,2-4H2,1H3. The van der Waals surface area contributed by atoms with Gasteiger partial charge in [-0.1, -0.05) is 0 Å². The molecule has 64 valence electrons. The summed E-state index contributed by atoms with van der Waals surface area (Å²) in [6, 6.07) is 0. The van der Waals surface area contributed by atoms with Gasteiger partial charge in [-0.05, 0) is 26.2 Å². The fourth-order valence-corrected chi connectivity index (χ4v) is 1.16. The number of hydrogen-bond donors (Lipinski definition) is 0. The minimum atomic E-state index is 0.390. The molecule has 1 fully saturated rings. The molecular weight excluding hydrogens is 152 g/mol. The molecule has 1 aliphatic carbocycles. The first kappa shape index (κ1) is 7.53. The molecule has 0 spiro atoms. The molecule has 3 nitrogen and oxygen atoms in total. The van der Waals surface area contributed by atoms with Crippen LogP contribution >= 0.6 is 0 Å². The molecule has 3 heteroatoms. The summed E-state index contributed by atoms with van der Waals surface area (Å²) in [6.45, 7) is 1.92. The third-order valence-corrected chi connectivity index (χ3v) is 2.07. The molecule has 0 amide bonds. The van der Waals surface area contributed by atoms with Crippen molar-refractivity contribution in [2.45, 2.75) is 32.3 Å². The third kappa shape index (κ3) is 1.55. The highest BCUT2D eigenvalue weighted by molar-refractivity contribution is 5.07. The fraction of sp³-hybridized carbons (Fsp3) is 0.556. The van der Waals surface area contributed by atoms with Gasteiger partial charge in [0.05, 0.1) is 11.9 Å². The van der Waals surface area contributed by atoms with Crippen LogP contribution in [0.15, 0.2) is 12.4 Å². The SMILES string of the molecule is Cc1cncc(OC2CCC2)n1. The Bertz CT molecular complexity index is 271. The first-order valence-electron chi connectivity index (χ1n) is 4.30. The van der Waals surface area contributed by atoms with E-state index >= 15 is 0 Å². The molecule has 0 radical (unpaired) electrons. The summed E-state index contributed by atoms with van der Waals surface area (Å²) in [5, 5.41) is 0. The average molecular weight is 164 g/mol. The van der Waals surface area contributed by atoms with Crippen LogP contribution in [-0.4, -0.2) is 16.1 Å². The lowest BCUT2D eigenvalue weighted by Gasteiger charge is -2.25. The summed E-state index contributed by atoms with van der Waals surface area (Å²) < 4.78 is 5.56. The molecule has 1 heterocycles. The highest BCUT2D eigenvalue weighted by Gasteiger charge is 2.19. The van der Waals surface area contributed by atoms with E-state index in [2.05, 4.69) is 9.97 Å². The lowest BCUT2D eigenvalue weighted by Crippen LogP contribution is -2.25. The first-order valence-corrected chi connectivity index (χ1v) is 4.30. The molecule has 0 aromatic carbocycles. The van der Waals surface area contributed by atoms with Crippen LogP contribution in [0.5, 0.6) is 5.88 Å². The van der Waals surface area contributed by atoms with Gasteiger partial charge in [0.1, 0.15) is 6.10 Å². The lowest BCUT2D eigenvalue weighted by atomic mass is 9.96. The van der Waals surface area contributed by atoms with E-state index in [1.165, 1.54) is 6.42 Å². The molecule has 0 aliphatic heterocycles. The summed E-state index contributed by atoms with van der Waals surface area (Å²) >= 11 is 0. The van der Waals surface area contributed by atoms with E-state index in [-0.39, 0.29) is 0 Å². The minimum absolute atomic E-state index is 0.390.